The Kier molecular flexibility index (Phi) is 4.82. The Morgan fingerprint density at radius 1 is 1.31 bits per heavy atom. The summed E-state index contributed by atoms with van der Waals surface area (Å²) in [5, 5.41) is 13.4. The lowest BCUT2D eigenvalue weighted by Crippen LogP contribution is -2.07. The number of carbonyl (C=O) groups is 1. The molecule has 7 nitrogen and oxygen atoms in total. The number of nitrogens with one attached hydrogen (secondary N) is 1. The number of halogens is 1. The van der Waals surface area contributed by atoms with Gasteiger partial charge in [-0.25, -0.2) is 19.2 Å². The first kappa shape index (κ1) is 18.4. The van der Waals surface area contributed by atoms with Crippen molar-refractivity contribution in [2.75, 3.05) is 12.4 Å². The van der Waals surface area contributed by atoms with Crippen LogP contribution in [0.25, 0.3) is 11.6 Å². The maximum atomic E-state index is 13.9. The molecule has 0 atom stereocenters. The summed E-state index contributed by atoms with van der Waals surface area (Å²) in [5.74, 6) is -0.995. The van der Waals surface area contributed by atoms with Crippen LogP contribution in [0.5, 0.6) is 5.75 Å². The van der Waals surface area contributed by atoms with Gasteiger partial charge in [0.25, 0.3) is 0 Å². The van der Waals surface area contributed by atoms with Crippen LogP contribution >= 0.6 is 0 Å². The van der Waals surface area contributed by atoms with E-state index in [0.29, 0.717) is 17.0 Å². The molecule has 3 heterocycles. The van der Waals surface area contributed by atoms with Crippen LogP contribution in [-0.2, 0) is 11.3 Å². The smallest absolute Gasteiger partial charge is 0.347 e. The molecule has 1 aromatic carbocycles. The average molecular weight is 393 g/mol. The molecule has 0 saturated carbocycles. The monoisotopic (exact) mass is 393 g/mol. The number of carbonyl (C=O) groups excluding carboxylic acids is 1. The van der Waals surface area contributed by atoms with Crippen molar-refractivity contribution >= 4 is 35.5 Å². The van der Waals surface area contributed by atoms with Crippen molar-refractivity contribution in [3.05, 3.63) is 70.9 Å². The highest BCUT2D eigenvalue weighted by Crippen LogP contribution is 2.38. The molecule has 0 saturated heterocycles. The number of ether oxygens (including phenoxy) is 1. The summed E-state index contributed by atoms with van der Waals surface area (Å²) in [6.07, 6.45) is 4.76. The van der Waals surface area contributed by atoms with E-state index in [1.54, 1.807) is 42.8 Å². The Bertz CT molecular complexity index is 1150. The van der Waals surface area contributed by atoms with Crippen LogP contribution in [0.4, 0.5) is 16.1 Å². The number of hydrogen-bond donors (Lipinski definition) is 2. The van der Waals surface area contributed by atoms with Gasteiger partial charge in [0.05, 0.1) is 7.11 Å². The molecule has 4 rings (SSSR count). The molecule has 1 aliphatic rings. The van der Waals surface area contributed by atoms with Crippen molar-refractivity contribution in [2.45, 2.75) is 6.54 Å². The number of anilines is 1. The Hall–Kier alpha value is -3.94. The van der Waals surface area contributed by atoms with Gasteiger partial charge in [0.15, 0.2) is 22.9 Å². The predicted molar refractivity (Wildman–Crippen MR) is 106 cm³/mol. The lowest BCUT2D eigenvalue weighted by atomic mass is 10.1. The fourth-order valence-electron chi connectivity index (χ4n) is 2.95. The number of pyridine rings is 1. The number of fused-ring (bicyclic) bond motifs is 1. The third kappa shape index (κ3) is 3.47. The van der Waals surface area contributed by atoms with Crippen molar-refractivity contribution in [3.8, 4) is 5.75 Å². The predicted octanol–water partition coefficient (Wildman–Crippen LogP) is 4.17. The highest BCUT2D eigenvalue weighted by Gasteiger charge is 2.26. The molecule has 2 N–H and O–H groups in total. The van der Waals surface area contributed by atoms with E-state index in [4.69, 9.17) is 9.15 Å². The number of esters is 1. The molecule has 0 spiro atoms. The number of aromatic nitrogens is 1. The normalized spacial score (nSPS) is 13.5. The number of benzene rings is 1. The zero-order valence-electron chi connectivity index (χ0n) is 15.3. The van der Waals surface area contributed by atoms with Gasteiger partial charge in [0.1, 0.15) is 5.82 Å². The fraction of sp³-hybridized carbons (Fsp3) is 0.0952. The van der Waals surface area contributed by atoms with E-state index in [1.807, 2.05) is 6.07 Å². The maximum Gasteiger partial charge on any atom is 0.347 e. The first-order valence-electron chi connectivity index (χ1n) is 8.71. The molecule has 29 heavy (non-hydrogen) atoms. The quantitative estimate of drug-likeness (QED) is 0.632. The summed E-state index contributed by atoms with van der Waals surface area (Å²) in [7, 11) is 1.19. The van der Waals surface area contributed by atoms with Gasteiger partial charge in [-0.2, -0.15) is 0 Å². The molecular weight excluding hydrogens is 377 g/mol. The van der Waals surface area contributed by atoms with E-state index in [1.165, 1.54) is 13.2 Å². The highest BCUT2D eigenvalue weighted by molar-refractivity contribution is 6.21. The van der Waals surface area contributed by atoms with Gasteiger partial charge in [-0.3, -0.25) is 0 Å². The van der Waals surface area contributed by atoms with Gasteiger partial charge in [0, 0.05) is 35.7 Å². The number of hydrogen-bond acceptors (Lipinski definition) is 7. The minimum absolute atomic E-state index is 0.0224. The number of aromatic hydroxyl groups is 1. The zero-order chi connectivity index (χ0) is 20.4. The standard InChI is InChI=1S/C21H16FN3O4/c1-28-21(27)17-18(26)16(9-13-11-24-19-14(13)6-4-8-23-19)29-20(17)25-10-12-5-2-3-7-15(12)22/h2-9,11,25-26H,10H2,1H3. The maximum absolute atomic E-state index is 13.9. The van der Waals surface area contributed by atoms with E-state index >= 15 is 0 Å². The van der Waals surface area contributed by atoms with E-state index in [-0.39, 0.29) is 29.5 Å². The molecule has 1 aliphatic heterocycles. The van der Waals surface area contributed by atoms with E-state index in [2.05, 4.69) is 15.3 Å². The Balaban J connectivity index is 1.70. The Morgan fingerprint density at radius 2 is 2.14 bits per heavy atom. The van der Waals surface area contributed by atoms with Crippen LogP contribution in [0.1, 0.15) is 27.2 Å². The summed E-state index contributed by atoms with van der Waals surface area (Å²) >= 11 is 0. The summed E-state index contributed by atoms with van der Waals surface area (Å²) in [5.41, 5.74) is 1.64. The van der Waals surface area contributed by atoms with Crippen LogP contribution in [0.2, 0.25) is 0 Å². The van der Waals surface area contributed by atoms with Crippen molar-refractivity contribution in [3.63, 3.8) is 0 Å². The van der Waals surface area contributed by atoms with Crippen LogP contribution in [0, 0.1) is 5.82 Å². The summed E-state index contributed by atoms with van der Waals surface area (Å²) < 4.78 is 24.3. The first-order chi connectivity index (χ1) is 14.1. The molecule has 2 aromatic heterocycles. The number of aliphatic imine (C=N–C) groups is 1. The minimum atomic E-state index is -0.783. The number of methoxy groups -OCH3 is 1. The molecule has 0 radical (unpaired) electrons. The Morgan fingerprint density at radius 3 is 2.93 bits per heavy atom. The largest absolute Gasteiger partial charge is 0.504 e. The van der Waals surface area contributed by atoms with Crippen LogP contribution in [-0.4, -0.2) is 29.4 Å². The summed E-state index contributed by atoms with van der Waals surface area (Å²) in [4.78, 5) is 20.5. The van der Waals surface area contributed by atoms with Crippen molar-refractivity contribution in [2.24, 2.45) is 4.99 Å². The van der Waals surface area contributed by atoms with Gasteiger partial charge < -0.3 is 19.6 Å². The number of nitrogens with zero attached hydrogens (tertiary/aromatic N) is 2. The molecule has 0 fully saturated rings. The Labute approximate surface area is 165 Å². The topological polar surface area (TPSA) is 97.0 Å². The molecule has 0 aliphatic carbocycles. The third-order valence-electron chi connectivity index (χ3n) is 4.41. The third-order valence-corrected chi connectivity index (χ3v) is 4.41. The van der Waals surface area contributed by atoms with Gasteiger partial charge in [-0.05, 0) is 24.3 Å². The second-order valence-corrected chi connectivity index (χ2v) is 6.19. The first-order valence-corrected chi connectivity index (χ1v) is 8.71. The molecular formula is C21H16FN3O4. The second kappa shape index (κ2) is 7.59. The molecule has 3 aromatic rings. The van der Waals surface area contributed by atoms with Crippen molar-refractivity contribution in [1.29, 1.82) is 0 Å². The van der Waals surface area contributed by atoms with Gasteiger partial charge in [-0.1, -0.05) is 18.2 Å². The van der Waals surface area contributed by atoms with Crippen molar-refractivity contribution < 1.29 is 23.4 Å². The van der Waals surface area contributed by atoms with Gasteiger partial charge in [0.2, 0.25) is 5.88 Å². The van der Waals surface area contributed by atoms with E-state index in [9.17, 15) is 14.3 Å². The SMILES string of the molecule is COC(=O)c1c(NCc2ccccc2F)oc(C=C2C=Nc3ncccc32)c1O. The van der Waals surface area contributed by atoms with E-state index in [0.717, 1.165) is 5.56 Å². The minimum Gasteiger partial charge on any atom is -0.504 e. The molecule has 0 amide bonds. The van der Waals surface area contributed by atoms with E-state index < -0.39 is 11.8 Å². The number of rotatable bonds is 5. The van der Waals surface area contributed by atoms with Crippen LogP contribution < -0.4 is 5.32 Å². The second-order valence-electron chi connectivity index (χ2n) is 6.19. The lowest BCUT2D eigenvalue weighted by molar-refractivity contribution is 0.0598. The molecule has 8 heteroatoms. The zero-order valence-corrected chi connectivity index (χ0v) is 15.3. The number of allylic oxidation sites excluding steroid dienone is 1. The average Bonchev–Trinajstić information content (AvgIpc) is 3.28. The van der Waals surface area contributed by atoms with Crippen LogP contribution in [0.3, 0.4) is 0 Å². The van der Waals surface area contributed by atoms with Crippen molar-refractivity contribution in [1.82, 2.24) is 4.98 Å². The van der Waals surface area contributed by atoms with Gasteiger partial charge >= 0.3 is 5.97 Å². The molecule has 0 bridgehead atoms. The molecule has 0 unspecified atom stereocenters. The van der Waals surface area contributed by atoms with Gasteiger partial charge in [-0.15, -0.1) is 0 Å². The van der Waals surface area contributed by atoms with Crippen LogP contribution in [0.15, 0.2) is 52.0 Å². The fourth-order valence-corrected chi connectivity index (χ4v) is 2.95. The summed E-state index contributed by atoms with van der Waals surface area (Å²) in [6.45, 7) is 0.0494. The lowest BCUT2D eigenvalue weighted by Gasteiger charge is -2.06. The summed E-state index contributed by atoms with van der Waals surface area (Å²) in [6, 6.07) is 9.81. The molecule has 146 valence electrons. The number of furan rings is 1. The highest BCUT2D eigenvalue weighted by atomic mass is 19.1.